The van der Waals surface area contributed by atoms with Crippen molar-refractivity contribution in [1.82, 2.24) is 20.0 Å². The average Bonchev–Trinajstić information content (AvgIpc) is 2.58. The third-order valence-corrected chi connectivity index (χ3v) is 4.79. The standard InChI is InChI=1S/C19H27N5O/c1-14-5-8-18(25)24(22-14)13-15-9-11-23(12-10-15)17-7-6-16(20-21-17)19(2,3)4/h5-8,15H,9-13H2,1-4H3. The second kappa shape index (κ2) is 6.94. The Morgan fingerprint density at radius 2 is 1.80 bits per heavy atom. The normalized spacial score (nSPS) is 16.2. The molecular weight excluding hydrogens is 314 g/mol. The number of piperidine rings is 1. The number of anilines is 1. The van der Waals surface area contributed by atoms with Crippen LogP contribution in [0.15, 0.2) is 29.1 Å². The van der Waals surface area contributed by atoms with Crippen molar-refractivity contribution in [3.05, 3.63) is 46.0 Å². The van der Waals surface area contributed by atoms with Gasteiger partial charge < -0.3 is 4.90 Å². The Labute approximate surface area is 148 Å². The number of aryl methyl sites for hydroxylation is 1. The van der Waals surface area contributed by atoms with Gasteiger partial charge in [-0.3, -0.25) is 4.79 Å². The first-order valence-corrected chi connectivity index (χ1v) is 8.97. The van der Waals surface area contributed by atoms with E-state index in [1.807, 2.05) is 6.92 Å². The van der Waals surface area contributed by atoms with Gasteiger partial charge in [-0.2, -0.15) is 10.2 Å². The lowest BCUT2D eigenvalue weighted by Gasteiger charge is -2.32. The van der Waals surface area contributed by atoms with Crippen LogP contribution in [0.1, 0.15) is 45.0 Å². The summed E-state index contributed by atoms with van der Waals surface area (Å²) >= 11 is 0. The van der Waals surface area contributed by atoms with E-state index in [9.17, 15) is 4.79 Å². The van der Waals surface area contributed by atoms with Gasteiger partial charge in [0.2, 0.25) is 0 Å². The Kier molecular flexibility index (Phi) is 4.88. The van der Waals surface area contributed by atoms with Gasteiger partial charge in [-0.05, 0) is 43.9 Å². The van der Waals surface area contributed by atoms with Crippen molar-refractivity contribution in [3.63, 3.8) is 0 Å². The zero-order valence-electron chi connectivity index (χ0n) is 15.6. The van der Waals surface area contributed by atoms with E-state index in [2.05, 4.69) is 53.1 Å². The highest BCUT2D eigenvalue weighted by Gasteiger charge is 2.22. The topological polar surface area (TPSA) is 63.9 Å². The van der Waals surface area contributed by atoms with Crippen LogP contribution in [0.2, 0.25) is 0 Å². The molecule has 0 bridgehead atoms. The van der Waals surface area contributed by atoms with Crippen molar-refractivity contribution in [1.29, 1.82) is 0 Å². The molecule has 0 aromatic carbocycles. The molecule has 0 aliphatic carbocycles. The van der Waals surface area contributed by atoms with Crippen LogP contribution in [0.25, 0.3) is 0 Å². The Bertz CT molecular complexity index is 768. The van der Waals surface area contributed by atoms with Crippen LogP contribution in [0.4, 0.5) is 5.82 Å². The fraction of sp³-hybridized carbons (Fsp3) is 0.579. The molecule has 0 atom stereocenters. The van der Waals surface area contributed by atoms with E-state index in [0.29, 0.717) is 12.5 Å². The largest absolute Gasteiger partial charge is 0.355 e. The highest BCUT2D eigenvalue weighted by atomic mass is 16.1. The highest BCUT2D eigenvalue weighted by Crippen LogP contribution is 2.24. The summed E-state index contributed by atoms with van der Waals surface area (Å²) < 4.78 is 1.60. The van der Waals surface area contributed by atoms with Gasteiger partial charge in [0.25, 0.3) is 5.56 Å². The molecule has 1 aliphatic rings. The van der Waals surface area contributed by atoms with Crippen molar-refractivity contribution in [2.45, 2.75) is 52.5 Å². The van der Waals surface area contributed by atoms with Crippen molar-refractivity contribution < 1.29 is 0 Å². The van der Waals surface area contributed by atoms with Gasteiger partial charge in [0.05, 0.1) is 11.4 Å². The third kappa shape index (κ3) is 4.24. The molecular formula is C19H27N5O. The summed E-state index contributed by atoms with van der Waals surface area (Å²) in [5.74, 6) is 1.42. The van der Waals surface area contributed by atoms with Crippen molar-refractivity contribution in [2.75, 3.05) is 18.0 Å². The fourth-order valence-electron chi connectivity index (χ4n) is 3.16. The first-order valence-electron chi connectivity index (χ1n) is 8.97. The third-order valence-electron chi connectivity index (χ3n) is 4.79. The van der Waals surface area contributed by atoms with Gasteiger partial charge in [0, 0.05) is 31.1 Å². The zero-order chi connectivity index (χ0) is 18.0. The van der Waals surface area contributed by atoms with Gasteiger partial charge in [0.1, 0.15) is 0 Å². The number of hydrogen-bond donors (Lipinski definition) is 0. The number of nitrogens with zero attached hydrogens (tertiary/aromatic N) is 5. The molecule has 3 rings (SSSR count). The Hall–Kier alpha value is -2.24. The molecule has 2 aromatic heterocycles. The van der Waals surface area contributed by atoms with Crippen LogP contribution in [0, 0.1) is 12.8 Å². The van der Waals surface area contributed by atoms with E-state index in [-0.39, 0.29) is 11.0 Å². The molecule has 0 saturated carbocycles. The molecule has 3 heterocycles. The molecule has 1 saturated heterocycles. The maximum absolute atomic E-state index is 11.9. The molecule has 0 amide bonds. The van der Waals surface area contributed by atoms with E-state index in [1.54, 1.807) is 16.8 Å². The second-order valence-corrected chi connectivity index (χ2v) is 7.95. The summed E-state index contributed by atoms with van der Waals surface area (Å²) in [7, 11) is 0. The lowest BCUT2D eigenvalue weighted by Crippen LogP contribution is -2.37. The maximum Gasteiger partial charge on any atom is 0.266 e. The minimum Gasteiger partial charge on any atom is -0.355 e. The van der Waals surface area contributed by atoms with E-state index in [4.69, 9.17) is 0 Å². The van der Waals surface area contributed by atoms with E-state index >= 15 is 0 Å². The molecule has 1 aliphatic heterocycles. The van der Waals surface area contributed by atoms with E-state index in [1.165, 1.54) is 0 Å². The van der Waals surface area contributed by atoms with Crippen LogP contribution in [-0.2, 0) is 12.0 Å². The lowest BCUT2D eigenvalue weighted by atomic mass is 9.92. The minimum atomic E-state index is -0.0170. The molecule has 6 nitrogen and oxygen atoms in total. The maximum atomic E-state index is 11.9. The van der Waals surface area contributed by atoms with Crippen LogP contribution in [0.3, 0.4) is 0 Å². The first-order chi connectivity index (χ1) is 11.8. The predicted octanol–water partition coefficient (Wildman–Crippen LogP) is 2.56. The number of hydrogen-bond acceptors (Lipinski definition) is 5. The van der Waals surface area contributed by atoms with Crippen molar-refractivity contribution >= 4 is 5.82 Å². The number of rotatable bonds is 3. The van der Waals surface area contributed by atoms with Crippen LogP contribution in [-0.4, -0.2) is 33.1 Å². The van der Waals surface area contributed by atoms with Gasteiger partial charge in [0.15, 0.2) is 5.82 Å². The second-order valence-electron chi connectivity index (χ2n) is 7.95. The summed E-state index contributed by atoms with van der Waals surface area (Å²) in [5.41, 5.74) is 1.89. The summed E-state index contributed by atoms with van der Waals surface area (Å²) in [4.78, 5) is 14.2. The molecule has 25 heavy (non-hydrogen) atoms. The van der Waals surface area contributed by atoms with Crippen LogP contribution in [0.5, 0.6) is 0 Å². The summed E-state index contributed by atoms with van der Waals surface area (Å²) in [6, 6.07) is 7.51. The number of aromatic nitrogens is 4. The van der Waals surface area contributed by atoms with Gasteiger partial charge in [-0.1, -0.05) is 20.8 Å². The molecule has 0 N–H and O–H groups in total. The molecule has 134 valence electrons. The quantitative estimate of drug-likeness (QED) is 0.858. The summed E-state index contributed by atoms with van der Waals surface area (Å²) in [6.07, 6.45) is 2.07. The zero-order valence-corrected chi connectivity index (χ0v) is 15.6. The minimum absolute atomic E-state index is 0.0170. The smallest absolute Gasteiger partial charge is 0.266 e. The molecule has 0 spiro atoms. The average molecular weight is 341 g/mol. The fourth-order valence-corrected chi connectivity index (χ4v) is 3.16. The Morgan fingerprint density at radius 3 is 2.40 bits per heavy atom. The molecule has 1 fully saturated rings. The molecule has 0 unspecified atom stereocenters. The molecule has 0 radical (unpaired) electrons. The van der Waals surface area contributed by atoms with Crippen molar-refractivity contribution in [2.24, 2.45) is 5.92 Å². The van der Waals surface area contributed by atoms with Gasteiger partial charge >= 0.3 is 0 Å². The Balaban J connectivity index is 1.60. The van der Waals surface area contributed by atoms with Crippen LogP contribution >= 0.6 is 0 Å². The van der Waals surface area contributed by atoms with E-state index in [0.717, 1.165) is 43.1 Å². The highest BCUT2D eigenvalue weighted by molar-refractivity contribution is 5.38. The summed E-state index contributed by atoms with van der Waals surface area (Å²) in [6.45, 7) is 10.9. The first kappa shape index (κ1) is 17.6. The summed E-state index contributed by atoms with van der Waals surface area (Å²) in [5, 5.41) is 13.1. The lowest BCUT2D eigenvalue weighted by molar-refractivity contribution is 0.333. The van der Waals surface area contributed by atoms with Crippen molar-refractivity contribution in [3.8, 4) is 0 Å². The van der Waals surface area contributed by atoms with Gasteiger partial charge in [-0.15, -0.1) is 5.10 Å². The molecule has 6 heteroatoms. The Morgan fingerprint density at radius 1 is 1.08 bits per heavy atom. The van der Waals surface area contributed by atoms with Gasteiger partial charge in [-0.25, -0.2) is 4.68 Å². The van der Waals surface area contributed by atoms with E-state index < -0.39 is 0 Å². The monoisotopic (exact) mass is 341 g/mol. The predicted molar refractivity (Wildman–Crippen MR) is 98.9 cm³/mol. The molecule has 2 aromatic rings. The SMILES string of the molecule is Cc1ccc(=O)n(CC2CCN(c3ccc(C(C)(C)C)nn3)CC2)n1. The van der Waals surface area contributed by atoms with Crippen LogP contribution < -0.4 is 10.5 Å².